The van der Waals surface area contributed by atoms with Crippen LogP contribution in [-0.4, -0.2) is 25.0 Å². The van der Waals surface area contributed by atoms with Crippen LogP contribution >= 0.6 is 0 Å². The lowest BCUT2D eigenvalue weighted by Gasteiger charge is -2.31. The maximum Gasteiger partial charge on any atom is 0.235 e. The summed E-state index contributed by atoms with van der Waals surface area (Å²) in [6.45, 7) is 0.281. The van der Waals surface area contributed by atoms with Gasteiger partial charge in [0.05, 0.1) is 12.6 Å². The zero-order valence-corrected chi connectivity index (χ0v) is 8.60. The minimum absolute atomic E-state index is 0.0871. The lowest BCUT2D eigenvalue weighted by atomic mass is 9.83. The van der Waals surface area contributed by atoms with Crippen molar-refractivity contribution in [2.24, 2.45) is 0 Å². The standard InChI is InChI=1S/C10H17N3O/c1-12-7-9(14)13-10(8-11)5-3-2-4-6-10/h12H,2-7H2,1H3,(H,13,14). The molecule has 0 heterocycles. The van der Waals surface area contributed by atoms with Crippen molar-refractivity contribution in [3.8, 4) is 6.07 Å². The average Bonchev–Trinajstić information content (AvgIpc) is 2.19. The summed E-state index contributed by atoms with van der Waals surface area (Å²) < 4.78 is 0. The normalized spacial score (nSPS) is 19.7. The average molecular weight is 195 g/mol. The fourth-order valence-electron chi connectivity index (χ4n) is 1.89. The monoisotopic (exact) mass is 195 g/mol. The Kier molecular flexibility index (Phi) is 3.90. The molecule has 0 saturated heterocycles. The predicted octanol–water partition coefficient (Wildman–Crippen LogP) is 0.548. The van der Waals surface area contributed by atoms with E-state index in [1.807, 2.05) is 0 Å². The second kappa shape index (κ2) is 4.97. The van der Waals surface area contributed by atoms with Crippen molar-refractivity contribution in [1.29, 1.82) is 5.26 Å². The molecular weight excluding hydrogens is 178 g/mol. The molecule has 0 aliphatic heterocycles. The lowest BCUT2D eigenvalue weighted by molar-refractivity contribution is -0.121. The van der Waals surface area contributed by atoms with Crippen molar-refractivity contribution in [2.45, 2.75) is 37.6 Å². The molecule has 0 aromatic rings. The van der Waals surface area contributed by atoms with E-state index in [0.717, 1.165) is 25.7 Å². The van der Waals surface area contributed by atoms with Crippen LogP contribution < -0.4 is 10.6 Å². The van der Waals surface area contributed by atoms with Crippen LogP contribution in [0.4, 0.5) is 0 Å². The summed E-state index contributed by atoms with van der Waals surface area (Å²) in [6, 6.07) is 2.25. The van der Waals surface area contributed by atoms with Crippen LogP contribution in [0.15, 0.2) is 0 Å². The van der Waals surface area contributed by atoms with E-state index in [0.29, 0.717) is 0 Å². The Morgan fingerprint density at radius 3 is 2.57 bits per heavy atom. The minimum atomic E-state index is -0.591. The quantitative estimate of drug-likeness (QED) is 0.691. The van der Waals surface area contributed by atoms with Crippen LogP contribution in [0.1, 0.15) is 32.1 Å². The highest BCUT2D eigenvalue weighted by Crippen LogP contribution is 2.27. The van der Waals surface area contributed by atoms with E-state index in [-0.39, 0.29) is 12.5 Å². The molecule has 0 atom stereocenters. The summed E-state index contributed by atoms with van der Waals surface area (Å²) in [7, 11) is 1.72. The Bertz CT molecular complexity index is 238. The number of amides is 1. The summed E-state index contributed by atoms with van der Waals surface area (Å²) in [5.41, 5.74) is -0.591. The summed E-state index contributed by atoms with van der Waals surface area (Å²) in [6.07, 6.45) is 4.82. The number of carbonyl (C=O) groups excluding carboxylic acids is 1. The first-order chi connectivity index (χ1) is 6.72. The van der Waals surface area contributed by atoms with Crippen LogP contribution in [-0.2, 0) is 4.79 Å². The van der Waals surface area contributed by atoms with E-state index >= 15 is 0 Å². The Morgan fingerprint density at radius 2 is 2.07 bits per heavy atom. The molecule has 14 heavy (non-hydrogen) atoms. The van der Waals surface area contributed by atoms with Gasteiger partial charge in [0, 0.05) is 0 Å². The molecule has 2 N–H and O–H groups in total. The summed E-state index contributed by atoms with van der Waals surface area (Å²) in [5, 5.41) is 14.7. The number of likely N-dealkylation sites (N-methyl/N-ethyl adjacent to an activating group) is 1. The molecule has 1 aliphatic carbocycles. The molecular formula is C10H17N3O. The van der Waals surface area contributed by atoms with Gasteiger partial charge in [0.1, 0.15) is 5.54 Å². The molecule has 0 spiro atoms. The van der Waals surface area contributed by atoms with Gasteiger partial charge in [-0.15, -0.1) is 0 Å². The molecule has 1 amide bonds. The Morgan fingerprint density at radius 1 is 1.43 bits per heavy atom. The van der Waals surface area contributed by atoms with Crippen molar-refractivity contribution >= 4 is 5.91 Å². The fraction of sp³-hybridized carbons (Fsp3) is 0.800. The van der Waals surface area contributed by atoms with Gasteiger partial charge in [-0.3, -0.25) is 4.79 Å². The van der Waals surface area contributed by atoms with Gasteiger partial charge in [0.15, 0.2) is 0 Å². The van der Waals surface area contributed by atoms with Crippen molar-refractivity contribution in [3.63, 3.8) is 0 Å². The number of nitrogens with one attached hydrogen (secondary N) is 2. The topological polar surface area (TPSA) is 64.9 Å². The number of carbonyl (C=O) groups is 1. The van der Waals surface area contributed by atoms with Crippen LogP contribution in [0.2, 0.25) is 0 Å². The lowest BCUT2D eigenvalue weighted by Crippen LogP contribution is -2.50. The number of nitrogens with zero attached hydrogens (tertiary/aromatic N) is 1. The first-order valence-electron chi connectivity index (χ1n) is 5.09. The van der Waals surface area contributed by atoms with Crippen molar-refractivity contribution in [3.05, 3.63) is 0 Å². The van der Waals surface area contributed by atoms with Crippen LogP contribution in [0.25, 0.3) is 0 Å². The molecule has 0 aromatic heterocycles. The molecule has 4 heteroatoms. The fourth-order valence-corrected chi connectivity index (χ4v) is 1.89. The molecule has 1 saturated carbocycles. The smallest absolute Gasteiger partial charge is 0.235 e. The highest BCUT2D eigenvalue weighted by Gasteiger charge is 2.33. The van der Waals surface area contributed by atoms with E-state index in [1.54, 1.807) is 7.05 Å². The SMILES string of the molecule is CNCC(=O)NC1(C#N)CCCCC1. The Balaban J connectivity index is 2.52. The first kappa shape index (κ1) is 11.0. The molecule has 0 radical (unpaired) electrons. The van der Waals surface area contributed by atoms with Gasteiger partial charge in [0.25, 0.3) is 0 Å². The Hall–Kier alpha value is -1.08. The summed E-state index contributed by atoms with van der Waals surface area (Å²) in [5.74, 6) is -0.0871. The zero-order chi connectivity index (χ0) is 10.4. The van der Waals surface area contributed by atoms with Crippen LogP contribution in [0.3, 0.4) is 0 Å². The summed E-state index contributed by atoms with van der Waals surface area (Å²) >= 11 is 0. The Labute approximate surface area is 84.7 Å². The van der Waals surface area contributed by atoms with Crippen LogP contribution in [0, 0.1) is 11.3 Å². The predicted molar refractivity (Wildman–Crippen MR) is 53.5 cm³/mol. The molecule has 0 aromatic carbocycles. The van der Waals surface area contributed by atoms with Gasteiger partial charge in [-0.25, -0.2) is 0 Å². The van der Waals surface area contributed by atoms with E-state index in [2.05, 4.69) is 16.7 Å². The van der Waals surface area contributed by atoms with Gasteiger partial charge >= 0.3 is 0 Å². The van der Waals surface area contributed by atoms with E-state index in [9.17, 15) is 4.79 Å². The second-order valence-corrected chi connectivity index (χ2v) is 3.83. The third kappa shape index (κ3) is 2.71. The van der Waals surface area contributed by atoms with Gasteiger partial charge in [-0.1, -0.05) is 19.3 Å². The number of hydrogen-bond acceptors (Lipinski definition) is 3. The van der Waals surface area contributed by atoms with Gasteiger partial charge in [0.2, 0.25) is 5.91 Å². The molecule has 0 bridgehead atoms. The van der Waals surface area contributed by atoms with E-state index in [4.69, 9.17) is 5.26 Å². The third-order valence-corrected chi connectivity index (χ3v) is 2.64. The first-order valence-corrected chi connectivity index (χ1v) is 5.09. The molecule has 1 rings (SSSR count). The third-order valence-electron chi connectivity index (χ3n) is 2.64. The van der Waals surface area contributed by atoms with Crippen molar-refractivity contribution in [1.82, 2.24) is 10.6 Å². The number of hydrogen-bond donors (Lipinski definition) is 2. The van der Waals surface area contributed by atoms with Gasteiger partial charge in [-0.2, -0.15) is 5.26 Å². The molecule has 4 nitrogen and oxygen atoms in total. The summed E-state index contributed by atoms with van der Waals surface area (Å²) in [4.78, 5) is 11.4. The van der Waals surface area contributed by atoms with E-state index in [1.165, 1.54) is 6.42 Å². The van der Waals surface area contributed by atoms with Crippen LogP contribution in [0.5, 0.6) is 0 Å². The molecule has 1 fully saturated rings. The maximum atomic E-state index is 11.4. The highest BCUT2D eigenvalue weighted by molar-refractivity contribution is 5.79. The zero-order valence-electron chi connectivity index (χ0n) is 8.60. The largest absolute Gasteiger partial charge is 0.337 e. The van der Waals surface area contributed by atoms with Gasteiger partial charge in [-0.05, 0) is 19.9 Å². The molecule has 78 valence electrons. The second-order valence-electron chi connectivity index (χ2n) is 3.83. The van der Waals surface area contributed by atoms with Crippen molar-refractivity contribution < 1.29 is 4.79 Å². The molecule has 0 unspecified atom stereocenters. The number of nitriles is 1. The van der Waals surface area contributed by atoms with Gasteiger partial charge < -0.3 is 10.6 Å². The minimum Gasteiger partial charge on any atom is -0.337 e. The molecule has 1 aliphatic rings. The highest BCUT2D eigenvalue weighted by atomic mass is 16.2. The number of rotatable bonds is 3. The van der Waals surface area contributed by atoms with Crippen molar-refractivity contribution in [2.75, 3.05) is 13.6 Å². The van der Waals surface area contributed by atoms with E-state index < -0.39 is 5.54 Å². The maximum absolute atomic E-state index is 11.4.